The molecule has 3 rings (SSSR count). The minimum Gasteiger partial charge on any atom is -0.497 e. The molecule has 0 radical (unpaired) electrons. The first-order valence-electron chi connectivity index (χ1n) is 8.53. The minimum absolute atomic E-state index is 0.158. The van der Waals surface area contributed by atoms with E-state index in [1.165, 1.54) is 14.2 Å². The Morgan fingerprint density at radius 2 is 1.83 bits per heavy atom. The summed E-state index contributed by atoms with van der Waals surface area (Å²) in [6, 6.07) is 10.5. The average molecular weight is 416 g/mol. The third kappa shape index (κ3) is 4.62. The van der Waals surface area contributed by atoms with E-state index in [1.54, 1.807) is 49.2 Å². The Bertz CT molecular complexity index is 1000. The molecule has 3 aromatic rings. The first kappa shape index (κ1) is 20.5. The van der Waals surface area contributed by atoms with Crippen molar-refractivity contribution >= 4 is 17.7 Å². The molecular formula is C20H20N2O6S. The van der Waals surface area contributed by atoms with E-state index < -0.39 is 5.97 Å². The molecule has 0 fully saturated rings. The summed E-state index contributed by atoms with van der Waals surface area (Å²) in [5.41, 5.74) is 0.950. The fourth-order valence-electron chi connectivity index (χ4n) is 2.58. The fourth-order valence-corrected chi connectivity index (χ4v) is 3.01. The van der Waals surface area contributed by atoms with Gasteiger partial charge in [-0.3, -0.25) is 0 Å². The first-order chi connectivity index (χ1) is 14.1. The number of ether oxygens (including phenoxy) is 4. The number of hydrogen-bond acceptors (Lipinski definition) is 9. The quantitative estimate of drug-likeness (QED) is 0.401. The van der Waals surface area contributed by atoms with Gasteiger partial charge in [0.25, 0.3) is 5.89 Å². The smallest absolute Gasteiger partial charge is 0.342 e. The normalized spacial score (nSPS) is 10.5. The topological polar surface area (TPSA) is 92.9 Å². The molecule has 0 saturated heterocycles. The number of hydrogen-bond donors (Lipinski definition) is 0. The molecule has 0 spiro atoms. The zero-order valence-electron chi connectivity index (χ0n) is 16.4. The van der Waals surface area contributed by atoms with Crippen LogP contribution in [0, 0.1) is 0 Å². The summed E-state index contributed by atoms with van der Waals surface area (Å²) in [5.74, 6) is 1.55. The van der Waals surface area contributed by atoms with Crippen LogP contribution < -0.4 is 14.2 Å². The van der Waals surface area contributed by atoms with Crippen LogP contribution in [-0.4, -0.2) is 43.7 Å². The van der Waals surface area contributed by atoms with E-state index in [0.29, 0.717) is 34.2 Å². The van der Waals surface area contributed by atoms with Crippen LogP contribution in [0.1, 0.15) is 16.2 Å². The Balaban J connectivity index is 1.72. The third-order valence-electron chi connectivity index (χ3n) is 4.07. The summed E-state index contributed by atoms with van der Waals surface area (Å²) < 4.78 is 26.3. The van der Waals surface area contributed by atoms with E-state index in [2.05, 4.69) is 10.1 Å². The summed E-state index contributed by atoms with van der Waals surface area (Å²) in [7, 11) is 4.61. The zero-order chi connectivity index (χ0) is 20.8. The maximum Gasteiger partial charge on any atom is 0.342 e. The minimum atomic E-state index is -0.545. The number of methoxy groups -OCH3 is 3. The number of rotatable bonds is 8. The highest BCUT2D eigenvalue weighted by Crippen LogP contribution is 2.31. The average Bonchev–Trinajstić information content (AvgIpc) is 3.25. The van der Waals surface area contributed by atoms with Gasteiger partial charge in [0.15, 0.2) is 6.61 Å². The SMILES string of the molecule is COc1ccc(-c2noc(COC(=O)c3ccc(SC)cc3OC)n2)c(OC)c1. The van der Waals surface area contributed by atoms with Gasteiger partial charge in [0.05, 0.1) is 26.9 Å². The molecule has 0 aliphatic rings. The highest BCUT2D eigenvalue weighted by molar-refractivity contribution is 7.98. The Morgan fingerprint density at radius 3 is 2.52 bits per heavy atom. The second-order valence-electron chi connectivity index (χ2n) is 5.72. The van der Waals surface area contributed by atoms with Gasteiger partial charge in [-0.15, -0.1) is 11.8 Å². The van der Waals surface area contributed by atoms with Gasteiger partial charge in [0, 0.05) is 11.0 Å². The van der Waals surface area contributed by atoms with E-state index in [0.717, 1.165) is 4.90 Å². The van der Waals surface area contributed by atoms with Gasteiger partial charge in [-0.05, 0) is 36.6 Å². The molecule has 0 saturated carbocycles. The van der Waals surface area contributed by atoms with Gasteiger partial charge in [0.2, 0.25) is 5.82 Å². The van der Waals surface area contributed by atoms with Gasteiger partial charge >= 0.3 is 5.97 Å². The summed E-state index contributed by atoms with van der Waals surface area (Å²) in [6.07, 6.45) is 1.94. The van der Waals surface area contributed by atoms with Crippen molar-refractivity contribution in [3.8, 4) is 28.6 Å². The predicted molar refractivity (Wildman–Crippen MR) is 107 cm³/mol. The van der Waals surface area contributed by atoms with Gasteiger partial charge in [-0.1, -0.05) is 5.16 Å². The number of aromatic nitrogens is 2. The maximum absolute atomic E-state index is 12.4. The van der Waals surface area contributed by atoms with Gasteiger partial charge in [0.1, 0.15) is 22.8 Å². The van der Waals surface area contributed by atoms with Crippen molar-refractivity contribution in [2.45, 2.75) is 11.5 Å². The van der Waals surface area contributed by atoms with Crippen molar-refractivity contribution in [3.63, 3.8) is 0 Å². The van der Waals surface area contributed by atoms with E-state index >= 15 is 0 Å². The molecule has 29 heavy (non-hydrogen) atoms. The van der Waals surface area contributed by atoms with Crippen molar-refractivity contribution in [1.29, 1.82) is 0 Å². The number of esters is 1. The molecule has 2 aromatic carbocycles. The van der Waals surface area contributed by atoms with Gasteiger partial charge in [-0.2, -0.15) is 4.98 Å². The van der Waals surface area contributed by atoms with Crippen molar-refractivity contribution in [3.05, 3.63) is 47.9 Å². The van der Waals surface area contributed by atoms with Crippen LogP contribution in [0.2, 0.25) is 0 Å². The monoisotopic (exact) mass is 416 g/mol. The Labute approximate surface area is 172 Å². The van der Waals surface area contributed by atoms with Gasteiger partial charge < -0.3 is 23.5 Å². The van der Waals surface area contributed by atoms with Crippen LogP contribution in [0.4, 0.5) is 0 Å². The molecule has 0 amide bonds. The van der Waals surface area contributed by atoms with Crippen LogP contribution in [0.5, 0.6) is 17.2 Å². The largest absolute Gasteiger partial charge is 0.497 e. The number of nitrogens with zero attached hydrogens (tertiary/aromatic N) is 2. The van der Waals surface area contributed by atoms with E-state index in [4.69, 9.17) is 23.5 Å². The summed E-state index contributed by atoms with van der Waals surface area (Å²) >= 11 is 1.55. The summed E-state index contributed by atoms with van der Waals surface area (Å²) in [6.45, 7) is -0.169. The highest BCUT2D eigenvalue weighted by Gasteiger charge is 2.18. The fraction of sp³-hybridized carbons (Fsp3) is 0.250. The van der Waals surface area contributed by atoms with Crippen molar-refractivity contribution < 1.29 is 28.3 Å². The van der Waals surface area contributed by atoms with Crippen LogP contribution in [0.25, 0.3) is 11.4 Å². The Kier molecular flexibility index (Phi) is 6.61. The third-order valence-corrected chi connectivity index (χ3v) is 4.80. The van der Waals surface area contributed by atoms with Crippen molar-refractivity contribution in [1.82, 2.24) is 10.1 Å². The van der Waals surface area contributed by atoms with Crippen LogP contribution in [0.15, 0.2) is 45.8 Å². The van der Waals surface area contributed by atoms with Crippen LogP contribution in [-0.2, 0) is 11.3 Å². The zero-order valence-corrected chi connectivity index (χ0v) is 17.2. The molecule has 8 nitrogen and oxygen atoms in total. The molecule has 0 atom stereocenters. The molecule has 9 heteroatoms. The molecular weight excluding hydrogens is 396 g/mol. The standard InChI is InChI=1S/C20H20N2O6S/c1-24-12-5-7-14(16(9-12)25-2)19-21-18(28-22-19)11-27-20(23)15-8-6-13(29-4)10-17(15)26-3/h5-10H,11H2,1-4H3. The summed E-state index contributed by atoms with van der Waals surface area (Å²) in [4.78, 5) is 17.7. The Morgan fingerprint density at radius 1 is 1.03 bits per heavy atom. The van der Waals surface area contributed by atoms with Crippen LogP contribution >= 0.6 is 11.8 Å². The highest BCUT2D eigenvalue weighted by atomic mass is 32.2. The second kappa shape index (κ2) is 9.33. The number of benzene rings is 2. The number of carbonyl (C=O) groups is 1. The van der Waals surface area contributed by atoms with E-state index in [-0.39, 0.29) is 12.5 Å². The van der Waals surface area contributed by atoms with Gasteiger partial charge in [-0.25, -0.2) is 4.79 Å². The van der Waals surface area contributed by atoms with E-state index in [9.17, 15) is 4.79 Å². The van der Waals surface area contributed by atoms with E-state index in [1.807, 2.05) is 12.3 Å². The molecule has 0 aliphatic heterocycles. The molecule has 152 valence electrons. The van der Waals surface area contributed by atoms with Crippen molar-refractivity contribution in [2.75, 3.05) is 27.6 Å². The molecule has 0 bridgehead atoms. The lowest BCUT2D eigenvalue weighted by atomic mass is 10.2. The first-order valence-corrected chi connectivity index (χ1v) is 9.76. The van der Waals surface area contributed by atoms with Crippen LogP contribution in [0.3, 0.4) is 0 Å². The Hall–Kier alpha value is -3.20. The summed E-state index contributed by atoms with van der Waals surface area (Å²) in [5, 5.41) is 3.93. The number of thioether (sulfide) groups is 1. The molecule has 1 heterocycles. The predicted octanol–water partition coefficient (Wildman–Crippen LogP) is 3.84. The molecule has 0 aliphatic carbocycles. The lowest BCUT2D eigenvalue weighted by Crippen LogP contribution is -2.07. The second-order valence-corrected chi connectivity index (χ2v) is 6.60. The van der Waals surface area contributed by atoms with Crippen molar-refractivity contribution in [2.24, 2.45) is 0 Å². The number of carbonyl (C=O) groups excluding carboxylic acids is 1. The maximum atomic E-state index is 12.4. The molecule has 1 aromatic heterocycles. The lowest BCUT2D eigenvalue weighted by Gasteiger charge is -2.09. The molecule has 0 unspecified atom stereocenters. The molecule has 0 N–H and O–H groups in total. The lowest BCUT2D eigenvalue weighted by molar-refractivity contribution is 0.0426.